The molecule has 2 heterocycles. The van der Waals surface area contributed by atoms with E-state index in [0.717, 1.165) is 24.4 Å². The third kappa shape index (κ3) is 1.89. The van der Waals surface area contributed by atoms with Gasteiger partial charge in [-0.15, -0.1) is 11.3 Å². The predicted octanol–water partition coefficient (Wildman–Crippen LogP) is 2.89. The van der Waals surface area contributed by atoms with E-state index in [1.165, 1.54) is 10.6 Å². The van der Waals surface area contributed by atoms with Crippen LogP contribution in [0.2, 0.25) is 0 Å². The van der Waals surface area contributed by atoms with Crippen molar-refractivity contribution in [2.24, 2.45) is 0 Å². The van der Waals surface area contributed by atoms with Crippen molar-refractivity contribution < 1.29 is 0 Å². The lowest BCUT2D eigenvalue weighted by molar-refractivity contribution is 0.430. The SMILES string of the molecule is CCNC1CC(CC)N([O-])c2sccc21. The minimum Gasteiger partial charge on any atom is -0.758 e. The molecule has 84 valence electrons. The van der Waals surface area contributed by atoms with E-state index in [0.29, 0.717) is 6.04 Å². The maximum absolute atomic E-state index is 12.0. The molecule has 0 amide bonds. The van der Waals surface area contributed by atoms with Crippen molar-refractivity contribution >= 4 is 16.3 Å². The topological polar surface area (TPSA) is 38.3 Å². The Hall–Kier alpha value is -0.580. The van der Waals surface area contributed by atoms with Crippen LogP contribution in [0.5, 0.6) is 0 Å². The average molecular weight is 225 g/mol. The quantitative estimate of drug-likeness (QED) is 0.859. The molecule has 2 atom stereocenters. The van der Waals surface area contributed by atoms with Crippen LogP contribution in [0.1, 0.15) is 38.3 Å². The predicted molar refractivity (Wildman–Crippen MR) is 65.3 cm³/mol. The Balaban J connectivity index is 2.27. The van der Waals surface area contributed by atoms with Crippen LogP contribution in [0.4, 0.5) is 5.00 Å². The molecule has 2 rings (SSSR count). The van der Waals surface area contributed by atoms with Crippen LogP contribution in [0.15, 0.2) is 11.4 Å². The Morgan fingerprint density at radius 3 is 3.07 bits per heavy atom. The molecule has 0 fully saturated rings. The highest BCUT2D eigenvalue weighted by Gasteiger charge is 2.27. The van der Waals surface area contributed by atoms with Gasteiger partial charge in [0.05, 0.1) is 5.00 Å². The van der Waals surface area contributed by atoms with E-state index in [2.05, 4.69) is 25.2 Å². The van der Waals surface area contributed by atoms with E-state index in [9.17, 15) is 5.21 Å². The first-order chi connectivity index (χ1) is 7.27. The molecular weight excluding hydrogens is 208 g/mol. The van der Waals surface area contributed by atoms with Gasteiger partial charge < -0.3 is 15.6 Å². The zero-order valence-corrected chi connectivity index (χ0v) is 10.0. The molecule has 1 aromatic rings. The lowest BCUT2D eigenvalue weighted by atomic mass is 9.95. The second kappa shape index (κ2) is 4.51. The van der Waals surface area contributed by atoms with Crippen molar-refractivity contribution in [1.82, 2.24) is 5.32 Å². The Morgan fingerprint density at radius 1 is 1.60 bits per heavy atom. The molecule has 0 radical (unpaired) electrons. The lowest BCUT2D eigenvalue weighted by Gasteiger charge is -2.44. The van der Waals surface area contributed by atoms with Gasteiger partial charge in [-0.05, 0) is 30.8 Å². The number of anilines is 1. The second-order valence-electron chi connectivity index (χ2n) is 3.91. The number of rotatable bonds is 3. The molecule has 0 saturated heterocycles. The molecule has 3 nitrogen and oxygen atoms in total. The monoisotopic (exact) mass is 225 g/mol. The van der Waals surface area contributed by atoms with E-state index < -0.39 is 0 Å². The molecule has 1 aliphatic heterocycles. The van der Waals surface area contributed by atoms with E-state index in [1.54, 1.807) is 11.3 Å². The first kappa shape index (κ1) is 10.9. The highest BCUT2D eigenvalue weighted by atomic mass is 32.1. The number of nitrogens with one attached hydrogen (secondary N) is 1. The Kier molecular flexibility index (Phi) is 3.29. The van der Waals surface area contributed by atoms with Crippen molar-refractivity contribution in [3.63, 3.8) is 0 Å². The molecule has 0 spiro atoms. The standard InChI is InChI=1S/C11H17N2OS/c1-3-8-7-10(12-4-2)9-5-6-15-11(9)13(8)14/h5-6,8,10,12H,3-4,7H2,1-2H3/q-1. The first-order valence-corrected chi connectivity index (χ1v) is 6.43. The summed E-state index contributed by atoms with van der Waals surface area (Å²) in [5.41, 5.74) is 1.18. The lowest BCUT2D eigenvalue weighted by Crippen LogP contribution is -2.39. The zero-order chi connectivity index (χ0) is 10.8. The maximum atomic E-state index is 12.0. The van der Waals surface area contributed by atoms with Crippen LogP contribution in [0.25, 0.3) is 0 Å². The van der Waals surface area contributed by atoms with Gasteiger partial charge in [0.15, 0.2) is 0 Å². The first-order valence-electron chi connectivity index (χ1n) is 5.55. The van der Waals surface area contributed by atoms with Gasteiger partial charge >= 0.3 is 0 Å². The maximum Gasteiger partial charge on any atom is 0.0852 e. The van der Waals surface area contributed by atoms with Crippen molar-refractivity contribution in [3.05, 3.63) is 22.2 Å². The second-order valence-corrected chi connectivity index (χ2v) is 4.81. The van der Waals surface area contributed by atoms with Gasteiger partial charge in [0.1, 0.15) is 0 Å². The fraction of sp³-hybridized carbons (Fsp3) is 0.636. The summed E-state index contributed by atoms with van der Waals surface area (Å²) in [6, 6.07) is 2.58. The summed E-state index contributed by atoms with van der Waals surface area (Å²) in [4.78, 5) is 0. The highest BCUT2D eigenvalue weighted by molar-refractivity contribution is 7.14. The van der Waals surface area contributed by atoms with Gasteiger partial charge in [0.25, 0.3) is 0 Å². The van der Waals surface area contributed by atoms with Gasteiger partial charge in [0, 0.05) is 17.6 Å². The molecule has 4 heteroatoms. The van der Waals surface area contributed by atoms with Crippen LogP contribution in [0, 0.1) is 5.21 Å². The van der Waals surface area contributed by atoms with Crippen molar-refractivity contribution in [1.29, 1.82) is 0 Å². The van der Waals surface area contributed by atoms with Crippen LogP contribution in [0.3, 0.4) is 0 Å². The third-order valence-corrected chi connectivity index (χ3v) is 3.92. The summed E-state index contributed by atoms with van der Waals surface area (Å²) in [5, 5.41) is 19.5. The minimum absolute atomic E-state index is 0.139. The van der Waals surface area contributed by atoms with Gasteiger partial charge in [-0.3, -0.25) is 0 Å². The van der Waals surface area contributed by atoms with E-state index in [-0.39, 0.29) is 6.04 Å². The summed E-state index contributed by atoms with van der Waals surface area (Å²) < 4.78 is 0. The fourth-order valence-corrected chi connectivity index (χ4v) is 3.13. The minimum atomic E-state index is 0.139. The molecule has 1 N–H and O–H groups in total. The number of hydrogen-bond donors (Lipinski definition) is 1. The molecular formula is C11H17N2OS-. The number of fused-ring (bicyclic) bond motifs is 1. The molecule has 0 aliphatic carbocycles. The van der Waals surface area contributed by atoms with Crippen LogP contribution in [-0.2, 0) is 0 Å². The Morgan fingerprint density at radius 2 is 2.40 bits per heavy atom. The van der Waals surface area contributed by atoms with E-state index in [1.807, 2.05) is 5.38 Å². The van der Waals surface area contributed by atoms with Crippen molar-refractivity contribution in [3.8, 4) is 0 Å². The van der Waals surface area contributed by atoms with E-state index in [4.69, 9.17) is 0 Å². The summed E-state index contributed by atoms with van der Waals surface area (Å²) in [6.07, 6.45) is 1.85. The van der Waals surface area contributed by atoms with Gasteiger partial charge in [-0.1, -0.05) is 13.8 Å². The summed E-state index contributed by atoms with van der Waals surface area (Å²) in [7, 11) is 0. The normalized spacial score (nSPS) is 25.4. The van der Waals surface area contributed by atoms with Gasteiger partial charge in [0.2, 0.25) is 0 Å². The summed E-state index contributed by atoms with van der Waals surface area (Å²) >= 11 is 1.56. The van der Waals surface area contributed by atoms with Crippen LogP contribution < -0.4 is 10.4 Å². The Labute approximate surface area is 94.7 Å². The van der Waals surface area contributed by atoms with Crippen LogP contribution in [-0.4, -0.2) is 12.6 Å². The number of thiophene rings is 1. The fourth-order valence-electron chi connectivity index (χ4n) is 2.19. The third-order valence-electron chi connectivity index (χ3n) is 3.01. The van der Waals surface area contributed by atoms with E-state index >= 15 is 0 Å². The average Bonchev–Trinajstić information content (AvgIpc) is 2.71. The molecule has 1 aliphatic rings. The Bertz CT molecular complexity index is 316. The number of hydrogen-bond acceptors (Lipinski definition) is 4. The number of nitrogens with zero attached hydrogens (tertiary/aromatic N) is 1. The molecule has 0 saturated carbocycles. The zero-order valence-electron chi connectivity index (χ0n) is 9.19. The molecule has 0 aromatic carbocycles. The molecule has 2 unspecified atom stereocenters. The van der Waals surface area contributed by atoms with Gasteiger partial charge in [-0.25, -0.2) is 0 Å². The van der Waals surface area contributed by atoms with Crippen molar-refractivity contribution in [2.45, 2.75) is 38.8 Å². The summed E-state index contributed by atoms with van der Waals surface area (Å²) in [5.74, 6) is 0. The smallest absolute Gasteiger partial charge is 0.0852 e. The van der Waals surface area contributed by atoms with Crippen molar-refractivity contribution in [2.75, 3.05) is 11.6 Å². The molecule has 0 bridgehead atoms. The largest absolute Gasteiger partial charge is 0.758 e. The highest BCUT2D eigenvalue weighted by Crippen LogP contribution is 2.41. The number of hydroxylamine groups is 1. The molecule has 1 aromatic heterocycles. The molecule has 15 heavy (non-hydrogen) atoms. The summed E-state index contributed by atoms with van der Waals surface area (Å²) in [6.45, 7) is 5.14. The van der Waals surface area contributed by atoms with Crippen LogP contribution >= 0.6 is 11.3 Å². The van der Waals surface area contributed by atoms with Gasteiger partial charge in [-0.2, -0.15) is 0 Å².